The van der Waals surface area contributed by atoms with Crippen molar-refractivity contribution >= 4 is 17.7 Å². The molecule has 1 saturated carbocycles. The summed E-state index contributed by atoms with van der Waals surface area (Å²) < 4.78 is 13.0. The van der Waals surface area contributed by atoms with E-state index in [2.05, 4.69) is 40.8 Å². The van der Waals surface area contributed by atoms with E-state index in [1.54, 1.807) is 13.0 Å². The van der Waals surface area contributed by atoms with E-state index in [9.17, 15) is 4.39 Å². The van der Waals surface area contributed by atoms with Crippen LogP contribution in [-0.4, -0.2) is 30.1 Å². The number of rotatable bonds is 6. The number of nitrogens with zero attached hydrogens (tertiary/aromatic N) is 5. The number of nitrogens with one attached hydrogen (secondary N) is 3. The van der Waals surface area contributed by atoms with Gasteiger partial charge in [0.05, 0.1) is 17.9 Å². The van der Waals surface area contributed by atoms with E-state index in [0.29, 0.717) is 35.2 Å². The van der Waals surface area contributed by atoms with Gasteiger partial charge in [-0.25, -0.2) is 4.39 Å². The topological polar surface area (TPSA) is 104 Å². The minimum atomic E-state index is -0.368. The Kier molecular flexibility index (Phi) is 4.19. The van der Waals surface area contributed by atoms with Crippen molar-refractivity contribution in [2.24, 2.45) is 0 Å². The number of hydrogen-bond donors (Lipinski definition) is 3. The first kappa shape index (κ1) is 16.4. The lowest BCUT2D eigenvalue weighted by Crippen LogP contribution is -2.13. The molecule has 3 aromatic heterocycles. The Morgan fingerprint density at radius 3 is 2.73 bits per heavy atom. The summed E-state index contributed by atoms with van der Waals surface area (Å²) in [6.45, 7) is 3.70. The van der Waals surface area contributed by atoms with Crippen molar-refractivity contribution in [3.63, 3.8) is 0 Å². The van der Waals surface area contributed by atoms with E-state index in [-0.39, 0.29) is 11.9 Å². The summed E-state index contributed by atoms with van der Waals surface area (Å²) in [6.07, 6.45) is 3.60. The van der Waals surface area contributed by atoms with Crippen LogP contribution in [0.25, 0.3) is 0 Å². The Morgan fingerprint density at radius 1 is 1.19 bits per heavy atom. The van der Waals surface area contributed by atoms with Crippen LogP contribution in [0.15, 0.2) is 24.4 Å². The highest BCUT2D eigenvalue weighted by atomic mass is 19.1. The molecule has 0 saturated heterocycles. The van der Waals surface area contributed by atoms with Crippen LogP contribution in [0.1, 0.15) is 48.9 Å². The van der Waals surface area contributed by atoms with Crippen molar-refractivity contribution in [1.29, 1.82) is 0 Å². The lowest BCUT2D eigenvalue weighted by atomic mass is 10.2. The van der Waals surface area contributed by atoms with Gasteiger partial charge in [-0.3, -0.25) is 10.1 Å². The number of aryl methyl sites for hydroxylation is 1. The van der Waals surface area contributed by atoms with Crippen molar-refractivity contribution < 1.29 is 4.39 Å². The highest BCUT2D eigenvalue weighted by Crippen LogP contribution is 2.39. The molecule has 0 aromatic carbocycles. The van der Waals surface area contributed by atoms with Gasteiger partial charge in [0.2, 0.25) is 11.9 Å². The molecule has 3 aromatic rings. The average molecular weight is 354 g/mol. The fourth-order valence-electron chi connectivity index (χ4n) is 2.63. The zero-order valence-corrected chi connectivity index (χ0v) is 14.5. The second kappa shape index (κ2) is 6.66. The molecule has 1 fully saturated rings. The molecule has 4 rings (SSSR count). The van der Waals surface area contributed by atoms with E-state index >= 15 is 0 Å². The summed E-state index contributed by atoms with van der Waals surface area (Å²) in [7, 11) is 0. The van der Waals surface area contributed by atoms with E-state index in [4.69, 9.17) is 0 Å². The van der Waals surface area contributed by atoms with E-state index in [1.807, 2.05) is 13.0 Å². The van der Waals surface area contributed by atoms with E-state index < -0.39 is 0 Å². The molecule has 3 heterocycles. The van der Waals surface area contributed by atoms with Crippen molar-refractivity contribution in [2.45, 2.75) is 38.6 Å². The van der Waals surface area contributed by atoms with Gasteiger partial charge < -0.3 is 10.6 Å². The first-order chi connectivity index (χ1) is 12.6. The molecule has 8 nitrogen and oxygen atoms in total. The Hall–Kier alpha value is -3.10. The fraction of sp³-hybridized carbons (Fsp3) is 0.353. The molecule has 9 heteroatoms. The predicted molar refractivity (Wildman–Crippen MR) is 94.6 cm³/mol. The van der Waals surface area contributed by atoms with Crippen LogP contribution in [0.2, 0.25) is 0 Å². The summed E-state index contributed by atoms with van der Waals surface area (Å²) in [4.78, 5) is 17.1. The number of aromatic nitrogens is 6. The summed E-state index contributed by atoms with van der Waals surface area (Å²) in [6, 6.07) is 4.80. The average Bonchev–Trinajstić information content (AvgIpc) is 3.35. The highest BCUT2D eigenvalue weighted by Gasteiger charge is 2.25. The van der Waals surface area contributed by atoms with Crippen LogP contribution >= 0.6 is 0 Å². The van der Waals surface area contributed by atoms with Crippen LogP contribution in [0.4, 0.5) is 22.1 Å². The predicted octanol–water partition coefficient (Wildman–Crippen LogP) is 3.23. The molecule has 1 atom stereocenters. The Morgan fingerprint density at radius 2 is 2.00 bits per heavy atom. The number of pyridine rings is 1. The number of anilines is 3. The van der Waals surface area contributed by atoms with Gasteiger partial charge in [-0.1, -0.05) is 0 Å². The Balaban J connectivity index is 1.48. The second-order valence-corrected chi connectivity index (χ2v) is 6.40. The third-order valence-corrected chi connectivity index (χ3v) is 4.14. The minimum absolute atomic E-state index is 0.183. The zero-order chi connectivity index (χ0) is 18.1. The second-order valence-electron chi connectivity index (χ2n) is 6.40. The molecule has 3 N–H and O–H groups in total. The molecule has 0 spiro atoms. The molecule has 1 aliphatic carbocycles. The maximum Gasteiger partial charge on any atom is 0.233 e. The van der Waals surface area contributed by atoms with Gasteiger partial charge in [-0.05, 0) is 38.8 Å². The lowest BCUT2D eigenvalue weighted by Gasteiger charge is -2.14. The molecule has 134 valence electrons. The standard InChI is InChI=1S/C17H19FN8/c1-9(13-6-5-12(18)8-19-13)20-16-21-10(2)22-17(24-16)23-15-7-14(25-26-15)11-3-4-11/h5-9,11H,3-4H2,1-2H3,(H3,20,21,22,23,24,25,26). The number of aromatic amines is 1. The van der Waals surface area contributed by atoms with Gasteiger partial charge in [0, 0.05) is 17.7 Å². The smallest absolute Gasteiger partial charge is 0.233 e. The SMILES string of the molecule is Cc1nc(Nc2cc(C3CC3)[nH]n2)nc(NC(C)c2ccc(F)cn2)n1. The van der Waals surface area contributed by atoms with E-state index in [0.717, 1.165) is 5.69 Å². The van der Waals surface area contributed by atoms with Gasteiger partial charge in [0.15, 0.2) is 5.82 Å². The molecular formula is C17H19FN8. The fourth-order valence-corrected chi connectivity index (χ4v) is 2.63. The summed E-state index contributed by atoms with van der Waals surface area (Å²) in [5, 5.41) is 13.5. The van der Waals surface area contributed by atoms with Crippen LogP contribution in [0.3, 0.4) is 0 Å². The maximum atomic E-state index is 13.0. The van der Waals surface area contributed by atoms with Crippen LogP contribution < -0.4 is 10.6 Å². The third-order valence-electron chi connectivity index (χ3n) is 4.14. The summed E-state index contributed by atoms with van der Waals surface area (Å²) in [5.74, 6) is 2.30. The van der Waals surface area contributed by atoms with Crippen LogP contribution in [-0.2, 0) is 0 Å². The largest absolute Gasteiger partial charge is 0.346 e. The van der Waals surface area contributed by atoms with Crippen molar-refractivity contribution in [1.82, 2.24) is 30.1 Å². The van der Waals surface area contributed by atoms with Gasteiger partial charge in [0.1, 0.15) is 11.6 Å². The van der Waals surface area contributed by atoms with Crippen molar-refractivity contribution in [3.05, 3.63) is 47.4 Å². The maximum absolute atomic E-state index is 13.0. The molecule has 0 aliphatic heterocycles. The van der Waals surface area contributed by atoms with Crippen LogP contribution in [0.5, 0.6) is 0 Å². The minimum Gasteiger partial charge on any atom is -0.346 e. The number of hydrogen-bond acceptors (Lipinski definition) is 7. The quantitative estimate of drug-likeness (QED) is 0.624. The van der Waals surface area contributed by atoms with E-state index in [1.165, 1.54) is 25.1 Å². The highest BCUT2D eigenvalue weighted by molar-refractivity contribution is 5.50. The summed E-state index contributed by atoms with van der Waals surface area (Å²) >= 11 is 0. The molecule has 1 unspecified atom stereocenters. The monoisotopic (exact) mass is 354 g/mol. The Bertz CT molecular complexity index is 903. The first-order valence-corrected chi connectivity index (χ1v) is 8.50. The lowest BCUT2D eigenvalue weighted by molar-refractivity contribution is 0.617. The van der Waals surface area contributed by atoms with Gasteiger partial charge in [0.25, 0.3) is 0 Å². The van der Waals surface area contributed by atoms with Crippen LogP contribution in [0, 0.1) is 12.7 Å². The van der Waals surface area contributed by atoms with Gasteiger partial charge >= 0.3 is 0 Å². The van der Waals surface area contributed by atoms with Gasteiger partial charge in [-0.2, -0.15) is 20.1 Å². The molecule has 0 amide bonds. The first-order valence-electron chi connectivity index (χ1n) is 8.50. The van der Waals surface area contributed by atoms with Crippen molar-refractivity contribution in [2.75, 3.05) is 10.6 Å². The number of halogens is 1. The molecule has 1 aliphatic rings. The molecular weight excluding hydrogens is 335 g/mol. The third kappa shape index (κ3) is 3.76. The zero-order valence-electron chi connectivity index (χ0n) is 14.5. The molecule has 0 radical (unpaired) electrons. The van der Waals surface area contributed by atoms with Crippen molar-refractivity contribution in [3.8, 4) is 0 Å². The summed E-state index contributed by atoms with van der Waals surface area (Å²) in [5.41, 5.74) is 1.83. The van der Waals surface area contributed by atoms with Gasteiger partial charge in [-0.15, -0.1) is 0 Å². The molecule has 0 bridgehead atoms. The normalized spacial score (nSPS) is 14.9. The molecule has 26 heavy (non-hydrogen) atoms. The Labute approximate surface area is 149 Å². The number of H-pyrrole nitrogens is 1.